The van der Waals surface area contributed by atoms with E-state index in [0.717, 1.165) is 18.5 Å². The van der Waals surface area contributed by atoms with Crippen molar-refractivity contribution < 1.29 is 0 Å². The lowest BCUT2D eigenvalue weighted by atomic mass is 9.75. The molecule has 0 aliphatic heterocycles. The summed E-state index contributed by atoms with van der Waals surface area (Å²) in [5.41, 5.74) is 7.50. The number of aryl methyl sites for hydroxylation is 1. The second-order valence-electron chi connectivity index (χ2n) is 5.88. The number of nitrogens with zero attached hydrogens (tertiary/aromatic N) is 2. The maximum atomic E-state index is 4.67. The number of allylic oxidation sites excluding steroid dienone is 5. The highest BCUT2D eigenvalue weighted by Crippen LogP contribution is 2.56. The van der Waals surface area contributed by atoms with Crippen molar-refractivity contribution in [2.75, 3.05) is 0 Å². The quantitative estimate of drug-likeness (QED) is 0.825. The van der Waals surface area contributed by atoms with Crippen LogP contribution in [0.25, 0.3) is 5.57 Å². The number of benzene rings is 1. The van der Waals surface area contributed by atoms with Crippen molar-refractivity contribution in [3.05, 3.63) is 89.6 Å². The summed E-state index contributed by atoms with van der Waals surface area (Å²) in [6.45, 7) is 6.18. The molecule has 0 bridgehead atoms. The monoisotopic (exact) mass is 286 g/mol. The molecule has 1 aromatic heterocycles. The van der Waals surface area contributed by atoms with Crippen LogP contribution in [0.2, 0.25) is 0 Å². The Morgan fingerprint density at radius 2 is 2.14 bits per heavy atom. The summed E-state index contributed by atoms with van der Waals surface area (Å²) in [5, 5.41) is 0. The van der Waals surface area contributed by atoms with E-state index in [4.69, 9.17) is 0 Å². The van der Waals surface area contributed by atoms with Crippen LogP contribution in [0.3, 0.4) is 0 Å². The van der Waals surface area contributed by atoms with Crippen molar-refractivity contribution in [3.8, 4) is 0 Å². The molecule has 2 heteroatoms. The molecule has 1 unspecified atom stereocenters. The van der Waals surface area contributed by atoms with E-state index in [1.807, 2.05) is 12.3 Å². The molecule has 0 amide bonds. The van der Waals surface area contributed by atoms with E-state index in [2.05, 4.69) is 59.9 Å². The predicted molar refractivity (Wildman–Crippen MR) is 89.5 cm³/mol. The van der Waals surface area contributed by atoms with Crippen molar-refractivity contribution in [3.63, 3.8) is 0 Å². The van der Waals surface area contributed by atoms with Crippen LogP contribution in [0.1, 0.15) is 35.7 Å². The molecule has 2 aromatic rings. The fourth-order valence-corrected chi connectivity index (χ4v) is 4.13. The Labute approximate surface area is 130 Å². The summed E-state index contributed by atoms with van der Waals surface area (Å²) < 4.78 is 0. The zero-order valence-corrected chi connectivity index (χ0v) is 12.7. The maximum absolute atomic E-state index is 4.67. The van der Waals surface area contributed by atoms with Gasteiger partial charge in [-0.05, 0) is 47.6 Å². The second-order valence-corrected chi connectivity index (χ2v) is 5.88. The first-order valence-electron chi connectivity index (χ1n) is 7.72. The molecule has 0 fully saturated rings. The lowest BCUT2D eigenvalue weighted by Gasteiger charge is -2.28. The SMILES string of the molecule is C=CC1=C(/C=C\C)c2ccccc2C12CCc1cncnc12. The average Bonchev–Trinajstić information content (AvgIpc) is 3.07. The lowest BCUT2D eigenvalue weighted by molar-refractivity contribution is 0.606. The van der Waals surface area contributed by atoms with E-state index in [0.29, 0.717) is 0 Å². The third-order valence-electron chi connectivity index (χ3n) is 4.93. The Morgan fingerprint density at radius 1 is 1.27 bits per heavy atom. The lowest BCUT2D eigenvalue weighted by Crippen LogP contribution is -2.25. The van der Waals surface area contributed by atoms with E-state index in [9.17, 15) is 0 Å². The smallest absolute Gasteiger partial charge is 0.115 e. The molecule has 0 saturated carbocycles. The Hall–Kier alpha value is -2.48. The third-order valence-corrected chi connectivity index (χ3v) is 4.93. The molecule has 1 aromatic carbocycles. The zero-order valence-electron chi connectivity index (χ0n) is 12.7. The normalized spacial score (nSPS) is 22.4. The first-order valence-corrected chi connectivity index (χ1v) is 7.72. The fraction of sp³-hybridized carbons (Fsp3) is 0.200. The van der Waals surface area contributed by atoms with Gasteiger partial charge < -0.3 is 0 Å². The van der Waals surface area contributed by atoms with Gasteiger partial charge in [0.15, 0.2) is 0 Å². The van der Waals surface area contributed by atoms with Crippen molar-refractivity contribution in [2.24, 2.45) is 0 Å². The van der Waals surface area contributed by atoms with Gasteiger partial charge in [0, 0.05) is 6.20 Å². The van der Waals surface area contributed by atoms with E-state index in [1.54, 1.807) is 6.33 Å². The first-order chi connectivity index (χ1) is 10.8. The van der Waals surface area contributed by atoms with Gasteiger partial charge in [0.1, 0.15) is 6.33 Å². The van der Waals surface area contributed by atoms with Gasteiger partial charge in [0.05, 0.1) is 11.1 Å². The summed E-state index contributed by atoms with van der Waals surface area (Å²) in [6.07, 6.45) is 12.0. The number of hydrogen-bond donors (Lipinski definition) is 0. The van der Waals surface area contributed by atoms with Gasteiger partial charge in [0.2, 0.25) is 0 Å². The van der Waals surface area contributed by atoms with E-state index >= 15 is 0 Å². The van der Waals surface area contributed by atoms with E-state index < -0.39 is 0 Å². The molecule has 2 nitrogen and oxygen atoms in total. The first kappa shape index (κ1) is 13.2. The Kier molecular flexibility index (Phi) is 2.86. The molecular weight excluding hydrogens is 268 g/mol. The van der Waals surface area contributed by atoms with Crippen molar-refractivity contribution in [1.82, 2.24) is 9.97 Å². The Morgan fingerprint density at radius 3 is 2.95 bits per heavy atom. The van der Waals surface area contributed by atoms with Crippen LogP contribution < -0.4 is 0 Å². The van der Waals surface area contributed by atoms with Crippen molar-refractivity contribution in [2.45, 2.75) is 25.2 Å². The highest BCUT2D eigenvalue weighted by Gasteiger charge is 2.49. The highest BCUT2D eigenvalue weighted by atomic mass is 14.9. The highest BCUT2D eigenvalue weighted by molar-refractivity contribution is 5.89. The third kappa shape index (κ3) is 1.50. The van der Waals surface area contributed by atoms with E-state index in [1.165, 1.54) is 27.8 Å². The van der Waals surface area contributed by atoms with Gasteiger partial charge in [-0.15, -0.1) is 0 Å². The molecule has 4 rings (SSSR count). The molecule has 2 aliphatic rings. The molecule has 2 aliphatic carbocycles. The molecule has 1 spiro atoms. The summed E-state index contributed by atoms with van der Waals surface area (Å²) in [5.74, 6) is 0. The molecule has 108 valence electrons. The summed E-state index contributed by atoms with van der Waals surface area (Å²) in [6, 6.07) is 8.69. The summed E-state index contributed by atoms with van der Waals surface area (Å²) >= 11 is 0. The molecular formula is C20H18N2. The summed E-state index contributed by atoms with van der Waals surface area (Å²) in [4.78, 5) is 8.88. The van der Waals surface area contributed by atoms with Crippen LogP contribution in [0.5, 0.6) is 0 Å². The van der Waals surface area contributed by atoms with Crippen LogP contribution in [-0.4, -0.2) is 9.97 Å². The van der Waals surface area contributed by atoms with Crippen LogP contribution in [0, 0.1) is 0 Å². The number of aromatic nitrogens is 2. The molecule has 1 atom stereocenters. The summed E-state index contributed by atoms with van der Waals surface area (Å²) in [7, 11) is 0. The number of rotatable bonds is 2. The molecule has 1 heterocycles. The van der Waals surface area contributed by atoms with Gasteiger partial charge in [-0.3, -0.25) is 0 Å². The molecule has 0 saturated heterocycles. The molecule has 0 radical (unpaired) electrons. The Bertz CT molecular complexity index is 829. The fourth-order valence-electron chi connectivity index (χ4n) is 4.13. The average molecular weight is 286 g/mol. The minimum atomic E-state index is -0.147. The van der Waals surface area contributed by atoms with Crippen LogP contribution in [0.15, 0.2) is 67.2 Å². The number of hydrogen-bond acceptors (Lipinski definition) is 2. The van der Waals surface area contributed by atoms with Crippen molar-refractivity contribution in [1.29, 1.82) is 0 Å². The maximum Gasteiger partial charge on any atom is 0.115 e. The van der Waals surface area contributed by atoms with Gasteiger partial charge >= 0.3 is 0 Å². The topological polar surface area (TPSA) is 25.8 Å². The van der Waals surface area contributed by atoms with Gasteiger partial charge in [-0.2, -0.15) is 0 Å². The van der Waals surface area contributed by atoms with Crippen LogP contribution in [0.4, 0.5) is 0 Å². The van der Waals surface area contributed by atoms with Gasteiger partial charge in [-0.1, -0.05) is 49.1 Å². The second kappa shape index (κ2) is 4.77. The van der Waals surface area contributed by atoms with Gasteiger partial charge in [-0.25, -0.2) is 9.97 Å². The number of fused-ring (bicyclic) bond motifs is 4. The van der Waals surface area contributed by atoms with Gasteiger partial charge in [0.25, 0.3) is 0 Å². The van der Waals surface area contributed by atoms with E-state index in [-0.39, 0.29) is 5.41 Å². The van der Waals surface area contributed by atoms with Crippen molar-refractivity contribution >= 4 is 5.57 Å². The van der Waals surface area contributed by atoms with Crippen LogP contribution in [-0.2, 0) is 11.8 Å². The van der Waals surface area contributed by atoms with Crippen LogP contribution >= 0.6 is 0 Å². The zero-order chi connectivity index (χ0) is 15.2. The minimum Gasteiger partial charge on any atom is -0.245 e. The predicted octanol–water partition coefficient (Wildman–Crippen LogP) is 4.24. The molecule has 0 N–H and O–H groups in total. The standard InChI is InChI=1S/C20H18N2/c1-3-7-15-16-8-5-6-9-18(16)20(17(15)4-2)11-10-14-12-21-13-22-19(14)20/h3-9,12-13H,2,10-11H2,1H3/b7-3-. The Balaban J connectivity index is 2.10. The minimum absolute atomic E-state index is 0.147. The molecule has 22 heavy (non-hydrogen) atoms. The largest absolute Gasteiger partial charge is 0.245 e.